The molecule has 0 radical (unpaired) electrons. The maximum atomic E-state index is 12.8. The van der Waals surface area contributed by atoms with Crippen molar-refractivity contribution in [1.82, 2.24) is 20.0 Å². The van der Waals surface area contributed by atoms with Crippen molar-refractivity contribution in [3.8, 4) is 0 Å². The number of carbonyl (C=O) groups excluding carboxylic acids is 2. The number of nitrogens with one attached hydrogen (secondary N) is 1. The number of aryl methyl sites for hydroxylation is 1. The number of fused-ring (bicyclic) bond motifs is 1. The van der Waals surface area contributed by atoms with E-state index in [-0.39, 0.29) is 17.7 Å². The third-order valence-electron chi connectivity index (χ3n) is 5.14. The van der Waals surface area contributed by atoms with Crippen LogP contribution in [0.25, 0.3) is 10.9 Å². The molecule has 1 saturated heterocycles. The predicted molar refractivity (Wildman–Crippen MR) is 101 cm³/mol. The Kier molecular flexibility index (Phi) is 4.85. The number of piperidine rings is 1. The molecule has 0 atom stereocenters. The van der Waals surface area contributed by atoms with Crippen LogP contribution in [0.3, 0.4) is 0 Å². The number of nitrogens with zero attached hydrogens (tertiary/aromatic N) is 3. The Labute approximate surface area is 153 Å². The van der Waals surface area contributed by atoms with Gasteiger partial charge < -0.3 is 10.2 Å². The third kappa shape index (κ3) is 3.36. The van der Waals surface area contributed by atoms with Gasteiger partial charge in [0.25, 0.3) is 0 Å². The van der Waals surface area contributed by atoms with E-state index in [4.69, 9.17) is 0 Å². The lowest BCUT2D eigenvalue weighted by Crippen LogP contribution is -2.48. The Balaban J connectivity index is 1.72. The van der Waals surface area contributed by atoms with E-state index in [1.807, 2.05) is 49.8 Å². The molecule has 0 saturated carbocycles. The number of carbonyl (C=O) groups is 2. The van der Waals surface area contributed by atoms with Crippen molar-refractivity contribution in [3.05, 3.63) is 42.6 Å². The third-order valence-corrected chi connectivity index (χ3v) is 5.14. The summed E-state index contributed by atoms with van der Waals surface area (Å²) < 4.78 is 1.85. The minimum Gasteiger partial charge on any atom is -0.345 e. The standard InChI is InChI=1S/C20H26N4O2/c1-5-17(25)24-12-10-14(11-13-24)19(26)21-20(2,3)18-15-8-6-7-9-16(15)23(4)22-18/h5-9,14H,1,10-13H2,2-4H3,(H,21,26). The van der Waals surface area contributed by atoms with Crippen LogP contribution in [0, 0.1) is 5.92 Å². The summed E-state index contributed by atoms with van der Waals surface area (Å²) in [6, 6.07) is 8.02. The highest BCUT2D eigenvalue weighted by molar-refractivity contribution is 5.88. The summed E-state index contributed by atoms with van der Waals surface area (Å²) in [5.74, 6) is -0.127. The number of amides is 2. The Hall–Kier alpha value is -2.63. The molecule has 6 nitrogen and oxygen atoms in total. The van der Waals surface area contributed by atoms with Crippen molar-refractivity contribution in [2.24, 2.45) is 13.0 Å². The molecule has 1 fully saturated rings. The molecule has 0 aliphatic carbocycles. The molecule has 2 aromatic rings. The van der Waals surface area contributed by atoms with Gasteiger partial charge in [-0.15, -0.1) is 0 Å². The summed E-state index contributed by atoms with van der Waals surface area (Å²) in [5.41, 5.74) is 1.33. The quantitative estimate of drug-likeness (QED) is 0.857. The minimum atomic E-state index is -0.577. The summed E-state index contributed by atoms with van der Waals surface area (Å²) in [6.07, 6.45) is 2.67. The highest BCUT2D eigenvalue weighted by atomic mass is 16.2. The molecule has 6 heteroatoms. The van der Waals surface area contributed by atoms with E-state index in [2.05, 4.69) is 17.0 Å². The molecule has 1 aliphatic heterocycles. The SMILES string of the molecule is C=CC(=O)N1CCC(C(=O)NC(C)(C)c2nn(C)c3ccccc23)CC1. The van der Waals surface area contributed by atoms with Crippen LogP contribution in [0.1, 0.15) is 32.4 Å². The summed E-state index contributed by atoms with van der Waals surface area (Å²) >= 11 is 0. The van der Waals surface area contributed by atoms with Crippen LogP contribution < -0.4 is 5.32 Å². The van der Waals surface area contributed by atoms with Crippen LogP contribution >= 0.6 is 0 Å². The topological polar surface area (TPSA) is 67.2 Å². The monoisotopic (exact) mass is 354 g/mol. The van der Waals surface area contributed by atoms with E-state index >= 15 is 0 Å². The Bertz CT molecular complexity index is 845. The maximum Gasteiger partial charge on any atom is 0.245 e. The number of rotatable bonds is 4. The van der Waals surface area contributed by atoms with Gasteiger partial charge in [0.2, 0.25) is 11.8 Å². The molecular formula is C20H26N4O2. The lowest BCUT2D eigenvalue weighted by atomic mass is 9.92. The Morgan fingerprint density at radius 1 is 1.27 bits per heavy atom. The number of hydrogen-bond donors (Lipinski definition) is 1. The average Bonchev–Trinajstić information content (AvgIpc) is 2.99. The minimum absolute atomic E-state index is 0.0236. The van der Waals surface area contributed by atoms with Gasteiger partial charge in [-0.05, 0) is 38.8 Å². The lowest BCUT2D eigenvalue weighted by molar-refractivity contribution is -0.133. The molecule has 2 heterocycles. The molecule has 3 rings (SSSR count). The molecule has 1 aromatic heterocycles. The fraction of sp³-hybridized carbons (Fsp3) is 0.450. The molecule has 2 amide bonds. The Morgan fingerprint density at radius 2 is 1.92 bits per heavy atom. The van der Waals surface area contributed by atoms with Crippen molar-refractivity contribution in [3.63, 3.8) is 0 Å². The highest BCUT2D eigenvalue weighted by Crippen LogP contribution is 2.28. The molecule has 1 aromatic carbocycles. The summed E-state index contributed by atoms with van der Waals surface area (Å²) in [4.78, 5) is 26.2. The number of benzene rings is 1. The number of para-hydroxylation sites is 1. The first-order chi connectivity index (χ1) is 12.3. The summed E-state index contributed by atoms with van der Waals surface area (Å²) in [5, 5.41) is 8.86. The molecule has 1 N–H and O–H groups in total. The molecule has 0 spiro atoms. The van der Waals surface area contributed by atoms with Crippen molar-refractivity contribution in [1.29, 1.82) is 0 Å². The first-order valence-electron chi connectivity index (χ1n) is 8.99. The van der Waals surface area contributed by atoms with Gasteiger partial charge in [-0.3, -0.25) is 14.3 Å². The van der Waals surface area contributed by atoms with Crippen LogP contribution in [0.5, 0.6) is 0 Å². The zero-order valence-electron chi connectivity index (χ0n) is 15.7. The second kappa shape index (κ2) is 6.94. The van der Waals surface area contributed by atoms with Crippen molar-refractivity contribution >= 4 is 22.7 Å². The van der Waals surface area contributed by atoms with E-state index in [1.54, 1.807) is 4.90 Å². The van der Waals surface area contributed by atoms with Crippen LogP contribution in [0.15, 0.2) is 36.9 Å². The normalized spacial score (nSPS) is 15.9. The zero-order valence-corrected chi connectivity index (χ0v) is 15.7. The second-order valence-corrected chi connectivity index (χ2v) is 7.41. The van der Waals surface area contributed by atoms with Gasteiger partial charge in [-0.2, -0.15) is 5.10 Å². The lowest BCUT2D eigenvalue weighted by Gasteiger charge is -2.33. The first kappa shape index (κ1) is 18.2. The molecular weight excluding hydrogens is 328 g/mol. The van der Waals surface area contributed by atoms with E-state index in [9.17, 15) is 9.59 Å². The highest BCUT2D eigenvalue weighted by Gasteiger charge is 2.33. The molecule has 0 unspecified atom stereocenters. The fourth-order valence-electron chi connectivity index (χ4n) is 3.64. The van der Waals surface area contributed by atoms with Gasteiger partial charge in [0, 0.05) is 31.4 Å². The maximum absolute atomic E-state index is 12.8. The first-order valence-corrected chi connectivity index (χ1v) is 8.99. The van der Waals surface area contributed by atoms with E-state index < -0.39 is 5.54 Å². The number of likely N-dealkylation sites (tertiary alicyclic amines) is 1. The molecule has 138 valence electrons. The Morgan fingerprint density at radius 3 is 2.58 bits per heavy atom. The van der Waals surface area contributed by atoms with Crippen LogP contribution in [0.4, 0.5) is 0 Å². The van der Waals surface area contributed by atoms with Gasteiger partial charge in [0.15, 0.2) is 0 Å². The van der Waals surface area contributed by atoms with Crippen LogP contribution in [-0.4, -0.2) is 39.6 Å². The van der Waals surface area contributed by atoms with E-state index in [0.717, 1.165) is 16.6 Å². The van der Waals surface area contributed by atoms with E-state index in [0.29, 0.717) is 25.9 Å². The van der Waals surface area contributed by atoms with Gasteiger partial charge in [0.1, 0.15) is 0 Å². The van der Waals surface area contributed by atoms with Crippen LogP contribution in [0.2, 0.25) is 0 Å². The number of aromatic nitrogens is 2. The van der Waals surface area contributed by atoms with Gasteiger partial charge in [-0.25, -0.2) is 0 Å². The smallest absolute Gasteiger partial charge is 0.245 e. The van der Waals surface area contributed by atoms with Gasteiger partial charge >= 0.3 is 0 Å². The van der Waals surface area contributed by atoms with Gasteiger partial charge in [0.05, 0.1) is 16.7 Å². The summed E-state index contributed by atoms with van der Waals surface area (Å²) in [6.45, 7) is 8.67. The number of hydrogen-bond acceptors (Lipinski definition) is 3. The predicted octanol–water partition coefficient (Wildman–Crippen LogP) is 2.35. The largest absolute Gasteiger partial charge is 0.345 e. The van der Waals surface area contributed by atoms with E-state index in [1.165, 1.54) is 6.08 Å². The zero-order chi connectivity index (χ0) is 18.9. The molecule has 26 heavy (non-hydrogen) atoms. The van der Waals surface area contributed by atoms with Crippen molar-refractivity contribution in [2.45, 2.75) is 32.2 Å². The average molecular weight is 354 g/mol. The van der Waals surface area contributed by atoms with Gasteiger partial charge in [-0.1, -0.05) is 24.8 Å². The summed E-state index contributed by atoms with van der Waals surface area (Å²) in [7, 11) is 1.91. The molecule has 0 bridgehead atoms. The van der Waals surface area contributed by atoms with Crippen molar-refractivity contribution in [2.75, 3.05) is 13.1 Å². The van der Waals surface area contributed by atoms with Crippen LogP contribution in [-0.2, 0) is 22.2 Å². The second-order valence-electron chi connectivity index (χ2n) is 7.41. The molecule has 1 aliphatic rings. The van der Waals surface area contributed by atoms with Crippen molar-refractivity contribution < 1.29 is 9.59 Å². The fourth-order valence-corrected chi connectivity index (χ4v) is 3.64.